The van der Waals surface area contributed by atoms with Crippen LogP contribution in [0.25, 0.3) is 11.9 Å². The highest BCUT2D eigenvalue weighted by molar-refractivity contribution is 5.55. The van der Waals surface area contributed by atoms with Crippen LogP contribution in [0.5, 0.6) is 0 Å². The molecule has 0 N–H and O–H groups in total. The third-order valence-electron chi connectivity index (χ3n) is 5.98. The molecule has 2 aliphatic rings. The number of hydrogen-bond donors (Lipinski definition) is 0. The average Bonchev–Trinajstić information content (AvgIpc) is 2.64. The van der Waals surface area contributed by atoms with Crippen LogP contribution in [0.3, 0.4) is 0 Å². The molecule has 0 amide bonds. The molecule has 1 saturated carbocycles. The predicted molar refractivity (Wildman–Crippen MR) is 97.1 cm³/mol. The van der Waals surface area contributed by atoms with Gasteiger partial charge in [0.25, 0.3) is 0 Å². The number of halogens is 2. The summed E-state index contributed by atoms with van der Waals surface area (Å²) in [6.07, 6.45) is 9.51. The molecule has 0 aliphatic heterocycles. The zero-order chi connectivity index (χ0) is 17.2. The fourth-order valence-electron chi connectivity index (χ4n) is 4.55. The number of rotatable bonds is 5. The standard InChI is InChI=1S/C22H26F2/c1-3-5-14-22(18-12-10-16(4-2)11-13-18)15-17-8-6-7-9-19(17)20(23)21(22)24/h3-4,6-9,15-16,18,21H,1-2,5,10-14H2. The molecular weight excluding hydrogens is 302 g/mol. The Hall–Kier alpha value is -1.70. The van der Waals surface area contributed by atoms with Crippen LogP contribution >= 0.6 is 0 Å². The first-order valence-corrected chi connectivity index (χ1v) is 8.97. The van der Waals surface area contributed by atoms with Gasteiger partial charge < -0.3 is 0 Å². The van der Waals surface area contributed by atoms with E-state index in [0.29, 0.717) is 24.0 Å². The van der Waals surface area contributed by atoms with Crippen LogP contribution in [0.15, 0.2) is 49.6 Å². The Morgan fingerprint density at radius 1 is 1.12 bits per heavy atom. The van der Waals surface area contributed by atoms with Gasteiger partial charge in [-0.25, -0.2) is 8.78 Å². The van der Waals surface area contributed by atoms with Crippen LogP contribution in [0.2, 0.25) is 0 Å². The first-order valence-electron chi connectivity index (χ1n) is 8.97. The summed E-state index contributed by atoms with van der Waals surface area (Å²) < 4.78 is 30.2. The van der Waals surface area contributed by atoms with Gasteiger partial charge in [0.1, 0.15) is 5.83 Å². The Morgan fingerprint density at radius 2 is 1.83 bits per heavy atom. The van der Waals surface area contributed by atoms with Gasteiger partial charge in [0.05, 0.1) is 0 Å². The molecule has 3 rings (SSSR count). The van der Waals surface area contributed by atoms with Gasteiger partial charge in [-0.1, -0.05) is 42.5 Å². The van der Waals surface area contributed by atoms with E-state index < -0.39 is 17.4 Å². The SMILES string of the molecule is C=CCCC1(C2CCC(C=C)CC2)C=c2ccccc2=C(F)C1F. The molecule has 0 aromatic heterocycles. The largest absolute Gasteiger partial charge is 0.239 e. The highest BCUT2D eigenvalue weighted by Crippen LogP contribution is 2.50. The first kappa shape index (κ1) is 17.1. The molecule has 2 aliphatic carbocycles. The highest BCUT2D eigenvalue weighted by Gasteiger charge is 2.47. The average molecular weight is 328 g/mol. The van der Waals surface area contributed by atoms with Gasteiger partial charge in [0, 0.05) is 10.6 Å². The molecule has 2 unspecified atom stereocenters. The van der Waals surface area contributed by atoms with Crippen LogP contribution < -0.4 is 10.4 Å². The summed E-state index contributed by atoms with van der Waals surface area (Å²) in [4.78, 5) is 0. The van der Waals surface area contributed by atoms with E-state index in [2.05, 4.69) is 13.2 Å². The summed E-state index contributed by atoms with van der Waals surface area (Å²) in [6, 6.07) is 7.25. The van der Waals surface area contributed by atoms with Gasteiger partial charge >= 0.3 is 0 Å². The summed E-state index contributed by atoms with van der Waals surface area (Å²) in [5.74, 6) is 0.0891. The van der Waals surface area contributed by atoms with Crippen molar-refractivity contribution in [3.05, 3.63) is 60.0 Å². The van der Waals surface area contributed by atoms with E-state index in [-0.39, 0.29) is 5.92 Å². The fraction of sp³-hybridized carbons (Fsp3) is 0.455. The number of fused-ring (bicyclic) bond motifs is 1. The van der Waals surface area contributed by atoms with E-state index in [1.54, 1.807) is 12.1 Å². The van der Waals surface area contributed by atoms with Crippen molar-refractivity contribution < 1.29 is 8.78 Å². The monoisotopic (exact) mass is 328 g/mol. The maximum absolute atomic E-state index is 15.4. The normalized spacial score (nSPS) is 32.6. The van der Waals surface area contributed by atoms with Crippen molar-refractivity contribution in [3.8, 4) is 0 Å². The maximum atomic E-state index is 15.4. The maximum Gasteiger partial charge on any atom is 0.161 e. The first-order chi connectivity index (χ1) is 11.6. The van der Waals surface area contributed by atoms with Crippen LogP contribution in [0.4, 0.5) is 8.78 Å². The second-order valence-electron chi connectivity index (χ2n) is 7.23. The summed E-state index contributed by atoms with van der Waals surface area (Å²) in [6.45, 7) is 7.67. The Balaban J connectivity index is 2.05. The fourth-order valence-corrected chi connectivity index (χ4v) is 4.55. The lowest BCUT2D eigenvalue weighted by Crippen LogP contribution is -2.48. The van der Waals surface area contributed by atoms with Gasteiger partial charge in [-0.15, -0.1) is 13.2 Å². The number of benzene rings is 1. The van der Waals surface area contributed by atoms with Crippen molar-refractivity contribution in [3.63, 3.8) is 0 Å². The Kier molecular flexibility index (Phi) is 5.03. The molecule has 24 heavy (non-hydrogen) atoms. The predicted octanol–water partition coefficient (Wildman–Crippen LogP) is 4.84. The van der Waals surface area contributed by atoms with Crippen molar-refractivity contribution >= 4 is 11.9 Å². The molecule has 0 nitrogen and oxygen atoms in total. The summed E-state index contributed by atoms with van der Waals surface area (Å²) in [5.41, 5.74) is -0.751. The van der Waals surface area contributed by atoms with Gasteiger partial charge in [0.15, 0.2) is 6.17 Å². The summed E-state index contributed by atoms with van der Waals surface area (Å²) in [7, 11) is 0. The summed E-state index contributed by atoms with van der Waals surface area (Å²) in [5, 5.41) is 1.25. The number of alkyl halides is 1. The minimum absolute atomic E-state index is 0.169. The van der Waals surface area contributed by atoms with E-state index >= 15 is 4.39 Å². The minimum Gasteiger partial charge on any atom is -0.239 e. The van der Waals surface area contributed by atoms with E-state index in [1.807, 2.05) is 30.4 Å². The van der Waals surface area contributed by atoms with E-state index in [9.17, 15) is 4.39 Å². The molecule has 0 spiro atoms. The molecule has 2 heteroatoms. The molecule has 0 heterocycles. The molecule has 0 bridgehead atoms. The molecular formula is C22H26F2. The lowest BCUT2D eigenvalue weighted by atomic mass is 9.61. The van der Waals surface area contributed by atoms with Crippen molar-refractivity contribution in [1.29, 1.82) is 0 Å². The van der Waals surface area contributed by atoms with Crippen molar-refractivity contribution in [2.45, 2.75) is 44.7 Å². The molecule has 0 radical (unpaired) electrons. The molecule has 128 valence electrons. The van der Waals surface area contributed by atoms with Crippen molar-refractivity contribution in [2.24, 2.45) is 17.3 Å². The van der Waals surface area contributed by atoms with Crippen LogP contribution in [-0.2, 0) is 0 Å². The van der Waals surface area contributed by atoms with Gasteiger partial charge in [0.2, 0.25) is 0 Å². The lowest BCUT2D eigenvalue weighted by molar-refractivity contribution is 0.0840. The van der Waals surface area contributed by atoms with Crippen LogP contribution in [-0.4, -0.2) is 6.17 Å². The zero-order valence-electron chi connectivity index (χ0n) is 14.2. The third kappa shape index (κ3) is 2.87. The Morgan fingerprint density at radius 3 is 2.50 bits per heavy atom. The Labute approximate surface area is 143 Å². The topological polar surface area (TPSA) is 0 Å². The minimum atomic E-state index is -1.56. The second-order valence-corrected chi connectivity index (χ2v) is 7.23. The van der Waals surface area contributed by atoms with Crippen LogP contribution in [0.1, 0.15) is 38.5 Å². The lowest BCUT2D eigenvalue weighted by Gasteiger charge is -2.45. The molecule has 1 aromatic carbocycles. The van der Waals surface area contributed by atoms with E-state index in [1.165, 1.54) is 0 Å². The molecule has 0 saturated heterocycles. The second kappa shape index (κ2) is 7.04. The summed E-state index contributed by atoms with van der Waals surface area (Å²) >= 11 is 0. The smallest absolute Gasteiger partial charge is 0.161 e. The van der Waals surface area contributed by atoms with Gasteiger partial charge in [-0.3, -0.25) is 0 Å². The van der Waals surface area contributed by atoms with Gasteiger partial charge in [-0.05, 0) is 55.6 Å². The van der Waals surface area contributed by atoms with E-state index in [4.69, 9.17) is 0 Å². The van der Waals surface area contributed by atoms with E-state index in [0.717, 1.165) is 30.9 Å². The quantitative estimate of drug-likeness (QED) is 0.678. The molecule has 1 aromatic rings. The third-order valence-corrected chi connectivity index (χ3v) is 5.98. The molecule has 1 fully saturated rings. The number of hydrogen-bond acceptors (Lipinski definition) is 0. The Bertz CT molecular complexity index is 725. The number of allylic oxidation sites excluding steroid dienone is 2. The van der Waals surface area contributed by atoms with Crippen LogP contribution in [0, 0.1) is 17.3 Å². The highest BCUT2D eigenvalue weighted by atomic mass is 19.2. The zero-order valence-corrected chi connectivity index (χ0v) is 14.2. The van der Waals surface area contributed by atoms with Gasteiger partial charge in [-0.2, -0.15) is 0 Å². The molecule has 2 atom stereocenters. The van der Waals surface area contributed by atoms with Crippen molar-refractivity contribution in [1.82, 2.24) is 0 Å². The van der Waals surface area contributed by atoms with Crippen molar-refractivity contribution in [2.75, 3.05) is 0 Å².